The van der Waals surface area contributed by atoms with E-state index in [1.165, 1.54) is 5.69 Å². The summed E-state index contributed by atoms with van der Waals surface area (Å²) in [6.45, 7) is 4.86. The molecule has 0 spiro atoms. The first kappa shape index (κ1) is 20.0. The Morgan fingerprint density at radius 3 is 2.70 bits per heavy atom. The van der Waals surface area contributed by atoms with Gasteiger partial charge in [0.1, 0.15) is 0 Å². The van der Waals surface area contributed by atoms with Gasteiger partial charge in [0, 0.05) is 43.7 Å². The third-order valence-electron chi connectivity index (χ3n) is 5.48. The van der Waals surface area contributed by atoms with Crippen LogP contribution in [0.4, 0.5) is 5.69 Å². The van der Waals surface area contributed by atoms with Crippen molar-refractivity contribution in [3.8, 4) is 11.5 Å². The van der Waals surface area contributed by atoms with Crippen molar-refractivity contribution in [2.45, 2.75) is 32.5 Å². The number of nitrogens with zero attached hydrogens (tertiary/aromatic N) is 3. The molecule has 0 saturated carbocycles. The SMILES string of the molecule is CCOc1cc(CN2CCCn3cccc3C2c2ccc([N+](=O)[O-])cc2)ccc1O. The molecule has 7 heteroatoms. The van der Waals surface area contributed by atoms with Crippen molar-refractivity contribution >= 4 is 5.69 Å². The van der Waals surface area contributed by atoms with Crippen molar-refractivity contribution in [3.63, 3.8) is 0 Å². The van der Waals surface area contributed by atoms with Gasteiger partial charge in [-0.1, -0.05) is 18.2 Å². The summed E-state index contributed by atoms with van der Waals surface area (Å²) in [4.78, 5) is 13.1. The lowest BCUT2D eigenvalue weighted by Crippen LogP contribution is -2.29. The first-order chi connectivity index (χ1) is 14.6. The lowest BCUT2D eigenvalue weighted by Gasteiger charge is -2.30. The molecule has 0 bridgehead atoms. The maximum atomic E-state index is 11.1. The largest absolute Gasteiger partial charge is 0.504 e. The summed E-state index contributed by atoms with van der Waals surface area (Å²) in [7, 11) is 0. The van der Waals surface area contributed by atoms with E-state index in [4.69, 9.17) is 4.74 Å². The summed E-state index contributed by atoms with van der Waals surface area (Å²) in [6, 6.07) is 16.4. The molecule has 0 radical (unpaired) electrons. The van der Waals surface area contributed by atoms with Crippen molar-refractivity contribution in [1.82, 2.24) is 9.47 Å². The molecule has 0 amide bonds. The van der Waals surface area contributed by atoms with Crippen LogP contribution in [0.1, 0.15) is 36.2 Å². The fourth-order valence-electron chi connectivity index (χ4n) is 4.13. The molecule has 156 valence electrons. The molecular formula is C23H25N3O4. The maximum Gasteiger partial charge on any atom is 0.269 e. The van der Waals surface area contributed by atoms with E-state index in [0.29, 0.717) is 18.9 Å². The van der Waals surface area contributed by atoms with Crippen LogP contribution in [0.25, 0.3) is 0 Å². The van der Waals surface area contributed by atoms with Gasteiger partial charge in [0.05, 0.1) is 17.6 Å². The van der Waals surface area contributed by atoms with E-state index in [1.807, 2.05) is 37.3 Å². The van der Waals surface area contributed by atoms with Crippen molar-refractivity contribution < 1.29 is 14.8 Å². The lowest BCUT2D eigenvalue weighted by molar-refractivity contribution is -0.384. The van der Waals surface area contributed by atoms with Gasteiger partial charge in [0.25, 0.3) is 5.69 Å². The van der Waals surface area contributed by atoms with E-state index in [-0.39, 0.29) is 22.4 Å². The summed E-state index contributed by atoms with van der Waals surface area (Å²) < 4.78 is 7.80. The number of ether oxygens (including phenoxy) is 1. The summed E-state index contributed by atoms with van der Waals surface area (Å²) in [5.74, 6) is 0.623. The predicted octanol–water partition coefficient (Wildman–Crippen LogP) is 4.50. The van der Waals surface area contributed by atoms with Crippen molar-refractivity contribution in [2.75, 3.05) is 13.2 Å². The Kier molecular flexibility index (Phi) is 5.72. The zero-order valence-electron chi connectivity index (χ0n) is 16.9. The summed E-state index contributed by atoms with van der Waals surface area (Å²) in [5.41, 5.74) is 3.33. The molecule has 1 aliphatic heterocycles. The van der Waals surface area contributed by atoms with E-state index in [1.54, 1.807) is 18.2 Å². The van der Waals surface area contributed by atoms with Crippen LogP contribution in [-0.2, 0) is 13.1 Å². The molecule has 1 N–H and O–H groups in total. The molecule has 0 fully saturated rings. The van der Waals surface area contributed by atoms with E-state index in [2.05, 4.69) is 21.7 Å². The normalized spacial score (nSPS) is 16.6. The highest BCUT2D eigenvalue weighted by molar-refractivity contribution is 5.42. The van der Waals surface area contributed by atoms with Gasteiger partial charge in [-0.05, 0) is 48.7 Å². The Balaban J connectivity index is 1.70. The molecule has 1 unspecified atom stereocenters. The van der Waals surface area contributed by atoms with Crippen molar-refractivity contribution in [1.29, 1.82) is 0 Å². The highest BCUT2D eigenvalue weighted by Gasteiger charge is 2.28. The standard InChI is InChI=1S/C23H25N3O4/c1-2-30-22-15-17(6-11-21(22)27)16-25-14-4-13-24-12-3-5-20(24)23(25)18-7-9-19(10-8-18)26(28)29/h3,5-12,15,23,27H,2,4,13-14,16H2,1H3. The summed E-state index contributed by atoms with van der Waals surface area (Å²) in [5, 5.41) is 21.1. The molecule has 1 atom stereocenters. The zero-order valence-corrected chi connectivity index (χ0v) is 16.9. The van der Waals surface area contributed by atoms with Crippen LogP contribution in [0.15, 0.2) is 60.8 Å². The molecule has 1 aromatic heterocycles. The molecule has 1 aliphatic rings. The number of aromatic hydroxyl groups is 1. The Hall–Kier alpha value is -3.32. The van der Waals surface area contributed by atoms with Gasteiger partial charge in [0.2, 0.25) is 0 Å². The van der Waals surface area contributed by atoms with Crippen LogP contribution in [0.3, 0.4) is 0 Å². The number of nitro benzene ring substituents is 1. The Morgan fingerprint density at radius 1 is 1.17 bits per heavy atom. The molecule has 4 rings (SSSR count). The van der Waals surface area contributed by atoms with E-state index in [0.717, 1.165) is 30.6 Å². The van der Waals surface area contributed by atoms with Gasteiger partial charge in [-0.25, -0.2) is 0 Å². The van der Waals surface area contributed by atoms with Gasteiger partial charge < -0.3 is 14.4 Å². The number of fused-ring (bicyclic) bond motifs is 1. The molecule has 30 heavy (non-hydrogen) atoms. The second-order valence-electron chi connectivity index (χ2n) is 7.44. The molecule has 0 aliphatic carbocycles. The number of aromatic nitrogens is 1. The molecular weight excluding hydrogens is 382 g/mol. The van der Waals surface area contributed by atoms with Crippen LogP contribution in [0.5, 0.6) is 11.5 Å². The average Bonchev–Trinajstić information content (AvgIpc) is 3.12. The second-order valence-corrected chi connectivity index (χ2v) is 7.44. The molecule has 2 aromatic carbocycles. The smallest absolute Gasteiger partial charge is 0.269 e. The van der Waals surface area contributed by atoms with Gasteiger partial charge in [-0.15, -0.1) is 0 Å². The minimum atomic E-state index is -0.372. The minimum Gasteiger partial charge on any atom is -0.504 e. The molecule has 7 nitrogen and oxygen atoms in total. The molecule has 2 heterocycles. The van der Waals surface area contributed by atoms with Crippen molar-refractivity contribution in [3.05, 3.63) is 87.7 Å². The van der Waals surface area contributed by atoms with Gasteiger partial charge >= 0.3 is 0 Å². The highest BCUT2D eigenvalue weighted by atomic mass is 16.6. The highest BCUT2D eigenvalue weighted by Crippen LogP contribution is 2.35. The van der Waals surface area contributed by atoms with Gasteiger partial charge in [0.15, 0.2) is 11.5 Å². The first-order valence-electron chi connectivity index (χ1n) is 10.1. The number of hydrogen-bond acceptors (Lipinski definition) is 5. The average molecular weight is 407 g/mol. The Bertz CT molecular complexity index is 1030. The molecule has 3 aromatic rings. The van der Waals surface area contributed by atoms with E-state index >= 15 is 0 Å². The molecule has 0 saturated heterocycles. The number of rotatable bonds is 6. The fourth-order valence-corrected chi connectivity index (χ4v) is 4.13. The van der Waals surface area contributed by atoms with Gasteiger partial charge in [-0.2, -0.15) is 0 Å². The Labute approximate surface area is 175 Å². The number of aryl methyl sites for hydroxylation is 1. The predicted molar refractivity (Wildman–Crippen MR) is 114 cm³/mol. The topological polar surface area (TPSA) is 80.8 Å². The number of benzene rings is 2. The monoisotopic (exact) mass is 407 g/mol. The lowest BCUT2D eigenvalue weighted by atomic mass is 10.0. The van der Waals surface area contributed by atoms with Crippen LogP contribution in [-0.4, -0.2) is 32.6 Å². The van der Waals surface area contributed by atoms with E-state index in [9.17, 15) is 15.2 Å². The number of phenolic OH excluding ortho intramolecular Hbond substituents is 1. The second kappa shape index (κ2) is 8.59. The summed E-state index contributed by atoms with van der Waals surface area (Å²) in [6.07, 6.45) is 3.09. The maximum absolute atomic E-state index is 11.1. The van der Waals surface area contributed by atoms with Crippen LogP contribution in [0.2, 0.25) is 0 Å². The Morgan fingerprint density at radius 2 is 1.97 bits per heavy atom. The summed E-state index contributed by atoms with van der Waals surface area (Å²) >= 11 is 0. The quantitative estimate of drug-likeness (QED) is 0.481. The van der Waals surface area contributed by atoms with Crippen molar-refractivity contribution in [2.24, 2.45) is 0 Å². The zero-order chi connectivity index (χ0) is 21.1. The van der Waals surface area contributed by atoms with E-state index < -0.39 is 0 Å². The fraction of sp³-hybridized carbons (Fsp3) is 0.304. The van der Waals surface area contributed by atoms with Gasteiger partial charge in [-0.3, -0.25) is 15.0 Å². The number of phenols is 1. The third kappa shape index (κ3) is 4.02. The number of non-ortho nitro benzene ring substituents is 1. The van der Waals surface area contributed by atoms with Crippen LogP contribution >= 0.6 is 0 Å². The minimum absolute atomic E-state index is 0.0207. The third-order valence-corrected chi connectivity index (χ3v) is 5.48. The van der Waals surface area contributed by atoms with Crippen LogP contribution < -0.4 is 4.74 Å². The number of nitro groups is 1. The van der Waals surface area contributed by atoms with Crippen LogP contribution in [0, 0.1) is 10.1 Å². The first-order valence-corrected chi connectivity index (χ1v) is 10.1. The number of hydrogen-bond donors (Lipinski definition) is 1.